The molecule has 24 heavy (non-hydrogen) atoms. The van der Waals surface area contributed by atoms with Crippen LogP contribution >= 0.6 is 11.6 Å². The molecule has 1 heterocycles. The lowest BCUT2D eigenvalue weighted by Crippen LogP contribution is -1.95. The van der Waals surface area contributed by atoms with Crippen LogP contribution < -0.4 is 0 Å². The Balaban J connectivity index is 1.85. The second-order valence-corrected chi connectivity index (χ2v) is 6.05. The van der Waals surface area contributed by atoms with Crippen molar-refractivity contribution >= 4 is 34.7 Å². The molecule has 1 atom stereocenters. The summed E-state index contributed by atoms with van der Waals surface area (Å²) in [5.41, 5.74) is 3.64. The Hall–Kier alpha value is -2.42. The maximum absolute atomic E-state index is 10.1. The van der Waals surface area contributed by atoms with Gasteiger partial charge in [-0.25, -0.2) is 4.98 Å². The Bertz CT molecular complexity index is 901. The van der Waals surface area contributed by atoms with Crippen LogP contribution in [0.4, 0.5) is 0 Å². The Labute approximate surface area is 146 Å². The van der Waals surface area contributed by atoms with Gasteiger partial charge in [0.2, 0.25) is 0 Å². The summed E-state index contributed by atoms with van der Waals surface area (Å²) < 4.78 is 0. The first-order valence-electron chi connectivity index (χ1n) is 7.79. The molecule has 0 aliphatic carbocycles. The molecule has 2 aromatic carbocycles. The molecule has 2 nitrogen and oxygen atoms in total. The highest BCUT2D eigenvalue weighted by Crippen LogP contribution is 2.21. The van der Waals surface area contributed by atoms with Gasteiger partial charge in [0, 0.05) is 10.4 Å². The fourth-order valence-corrected chi connectivity index (χ4v) is 2.71. The zero-order valence-electron chi connectivity index (χ0n) is 13.2. The van der Waals surface area contributed by atoms with Crippen molar-refractivity contribution in [1.82, 2.24) is 4.98 Å². The highest BCUT2D eigenvalue weighted by Gasteiger charge is 2.05. The van der Waals surface area contributed by atoms with Gasteiger partial charge in [-0.15, -0.1) is 6.58 Å². The molecule has 3 aromatic rings. The number of pyridine rings is 1. The van der Waals surface area contributed by atoms with Crippen molar-refractivity contribution in [1.29, 1.82) is 0 Å². The summed E-state index contributed by atoms with van der Waals surface area (Å²) in [6, 6.07) is 17.5. The first-order chi connectivity index (χ1) is 11.7. The molecular weight excluding hydrogens is 318 g/mol. The second-order valence-electron chi connectivity index (χ2n) is 5.62. The summed E-state index contributed by atoms with van der Waals surface area (Å²) in [6.07, 6.45) is 5.69. The highest BCUT2D eigenvalue weighted by atomic mass is 35.5. The SMILES string of the molecule is C=CCC(O)c1cccc(C=Cc2ccc3ccc(Cl)cc3n2)c1. The van der Waals surface area contributed by atoms with Gasteiger partial charge in [0.05, 0.1) is 17.3 Å². The topological polar surface area (TPSA) is 33.1 Å². The number of hydrogen-bond donors (Lipinski definition) is 1. The van der Waals surface area contributed by atoms with Gasteiger partial charge < -0.3 is 5.11 Å². The lowest BCUT2D eigenvalue weighted by molar-refractivity contribution is 0.181. The average Bonchev–Trinajstić information content (AvgIpc) is 2.60. The predicted octanol–water partition coefficient (Wildman–Crippen LogP) is 5.67. The van der Waals surface area contributed by atoms with Crippen molar-refractivity contribution in [3.8, 4) is 0 Å². The quantitative estimate of drug-likeness (QED) is 0.609. The van der Waals surface area contributed by atoms with Crippen molar-refractivity contribution in [3.63, 3.8) is 0 Å². The minimum Gasteiger partial charge on any atom is -0.388 e. The fraction of sp³-hybridized carbons (Fsp3) is 0.0952. The van der Waals surface area contributed by atoms with Crippen molar-refractivity contribution in [2.24, 2.45) is 0 Å². The Morgan fingerprint density at radius 1 is 1.08 bits per heavy atom. The first-order valence-corrected chi connectivity index (χ1v) is 8.17. The van der Waals surface area contributed by atoms with E-state index in [1.54, 1.807) is 6.08 Å². The number of hydrogen-bond acceptors (Lipinski definition) is 2. The number of halogens is 1. The highest BCUT2D eigenvalue weighted by molar-refractivity contribution is 6.31. The monoisotopic (exact) mass is 335 g/mol. The van der Waals surface area contributed by atoms with Gasteiger partial charge >= 0.3 is 0 Å². The van der Waals surface area contributed by atoms with E-state index in [2.05, 4.69) is 11.6 Å². The average molecular weight is 336 g/mol. The third-order valence-electron chi connectivity index (χ3n) is 3.81. The Morgan fingerprint density at radius 3 is 2.75 bits per heavy atom. The molecule has 0 amide bonds. The van der Waals surface area contributed by atoms with E-state index in [1.807, 2.05) is 66.7 Å². The fourth-order valence-electron chi connectivity index (χ4n) is 2.54. The zero-order valence-corrected chi connectivity index (χ0v) is 13.9. The largest absolute Gasteiger partial charge is 0.388 e. The maximum atomic E-state index is 10.1. The van der Waals surface area contributed by atoms with Gasteiger partial charge in [0.1, 0.15) is 0 Å². The Morgan fingerprint density at radius 2 is 1.92 bits per heavy atom. The summed E-state index contributed by atoms with van der Waals surface area (Å²) in [5, 5.41) is 11.8. The number of aliphatic hydroxyl groups excluding tert-OH is 1. The maximum Gasteiger partial charge on any atom is 0.0824 e. The van der Waals surface area contributed by atoms with Crippen LogP contribution in [0.25, 0.3) is 23.1 Å². The molecule has 0 spiro atoms. The van der Waals surface area contributed by atoms with Crippen molar-refractivity contribution in [2.75, 3.05) is 0 Å². The molecule has 3 rings (SSSR count). The van der Waals surface area contributed by atoms with E-state index in [0.29, 0.717) is 11.4 Å². The van der Waals surface area contributed by atoms with Crippen LogP contribution in [0.5, 0.6) is 0 Å². The lowest BCUT2D eigenvalue weighted by atomic mass is 10.0. The normalized spacial score (nSPS) is 12.6. The number of aromatic nitrogens is 1. The number of benzene rings is 2. The summed E-state index contributed by atoms with van der Waals surface area (Å²) in [4.78, 5) is 4.60. The van der Waals surface area contributed by atoms with E-state index in [4.69, 9.17) is 11.6 Å². The predicted molar refractivity (Wildman–Crippen MR) is 102 cm³/mol. The second kappa shape index (κ2) is 7.43. The van der Waals surface area contributed by atoms with Crippen LogP contribution in [0.1, 0.15) is 29.3 Å². The summed E-state index contributed by atoms with van der Waals surface area (Å²) in [5.74, 6) is 0. The minimum atomic E-state index is -0.517. The van der Waals surface area contributed by atoms with E-state index in [1.165, 1.54) is 0 Å². The molecule has 1 aromatic heterocycles. The van der Waals surface area contributed by atoms with Gasteiger partial charge in [0.15, 0.2) is 0 Å². The van der Waals surface area contributed by atoms with Gasteiger partial charge in [-0.05, 0) is 47.9 Å². The summed E-state index contributed by atoms with van der Waals surface area (Å²) in [6.45, 7) is 3.66. The summed E-state index contributed by atoms with van der Waals surface area (Å²) in [7, 11) is 0. The number of fused-ring (bicyclic) bond motifs is 1. The van der Waals surface area contributed by atoms with Gasteiger partial charge in [-0.1, -0.05) is 54.1 Å². The molecule has 3 heteroatoms. The minimum absolute atomic E-state index is 0.517. The smallest absolute Gasteiger partial charge is 0.0824 e. The molecule has 0 saturated heterocycles. The number of aliphatic hydroxyl groups is 1. The van der Waals surface area contributed by atoms with Crippen molar-refractivity contribution in [3.05, 3.63) is 89.1 Å². The standard InChI is InChI=1S/C21H18ClNO/c1-2-4-21(24)17-6-3-5-15(13-17)7-11-19-12-9-16-8-10-18(22)14-20(16)23-19/h2-3,5-14,21,24H,1,4H2. The molecule has 120 valence electrons. The van der Waals surface area contributed by atoms with E-state index in [9.17, 15) is 5.11 Å². The first kappa shape index (κ1) is 16.4. The molecule has 0 radical (unpaired) electrons. The van der Waals surface area contributed by atoms with Crippen LogP contribution in [0.3, 0.4) is 0 Å². The third-order valence-corrected chi connectivity index (χ3v) is 4.04. The van der Waals surface area contributed by atoms with Crippen molar-refractivity contribution in [2.45, 2.75) is 12.5 Å². The van der Waals surface area contributed by atoms with E-state index in [-0.39, 0.29) is 0 Å². The third kappa shape index (κ3) is 3.91. The van der Waals surface area contributed by atoms with Crippen LogP contribution in [0.2, 0.25) is 5.02 Å². The molecule has 0 saturated carbocycles. The van der Waals surface area contributed by atoms with Crippen LogP contribution in [0, 0.1) is 0 Å². The molecule has 1 unspecified atom stereocenters. The molecule has 0 aliphatic heterocycles. The number of rotatable bonds is 5. The molecule has 1 N–H and O–H groups in total. The number of nitrogens with zero attached hydrogens (tertiary/aromatic N) is 1. The van der Waals surface area contributed by atoms with Gasteiger partial charge in [-0.3, -0.25) is 0 Å². The molecule has 0 aliphatic rings. The van der Waals surface area contributed by atoms with Crippen LogP contribution in [0.15, 0.2) is 67.3 Å². The Kier molecular flexibility index (Phi) is 5.09. The van der Waals surface area contributed by atoms with Crippen LogP contribution in [-0.2, 0) is 0 Å². The lowest BCUT2D eigenvalue weighted by Gasteiger charge is -2.08. The zero-order chi connectivity index (χ0) is 16.9. The molecule has 0 bridgehead atoms. The van der Waals surface area contributed by atoms with E-state index >= 15 is 0 Å². The van der Waals surface area contributed by atoms with E-state index in [0.717, 1.165) is 27.7 Å². The van der Waals surface area contributed by atoms with Crippen molar-refractivity contribution < 1.29 is 5.11 Å². The van der Waals surface area contributed by atoms with Crippen LogP contribution in [-0.4, -0.2) is 10.1 Å². The molecule has 0 fully saturated rings. The summed E-state index contributed by atoms with van der Waals surface area (Å²) >= 11 is 6.03. The molecular formula is C21H18ClNO. The van der Waals surface area contributed by atoms with Gasteiger partial charge in [-0.2, -0.15) is 0 Å². The van der Waals surface area contributed by atoms with E-state index < -0.39 is 6.10 Å². The van der Waals surface area contributed by atoms with Gasteiger partial charge in [0.25, 0.3) is 0 Å².